The van der Waals surface area contributed by atoms with Gasteiger partial charge in [0, 0.05) is 37.8 Å². The van der Waals surface area contributed by atoms with Crippen LogP contribution in [-0.2, 0) is 4.79 Å². The second-order valence-electron chi connectivity index (χ2n) is 8.02. The van der Waals surface area contributed by atoms with Gasteiger partial charge in [-0.2, -0.15) is 0 Å². The standard InChI is InChI=1S/C19H22F3N5O/c20-11-3-5-25(9-14(11)23)19-24-15-7-12(21)13(22)8-17(15)27(19)16-4-6-26(18(16)28)10-1-2-10/h7-8,10-11,14,16H,1-6,9,23H2/t11-,14-,16?/m1/s1. The molecule has 1 aromatic carbocycles. The van der Waals surface area contributed by atoms with Crippen molar-refractivity contribution in [2.45, 2.75) is 50.0 Å². The first-order chi connectivity index (χ1) is 13.4. The van der Waals surface area contributed by atoms with Crippen LogP contribution in [0.1, 0.15) is 31.7 Å². The maximum atomic E-state index is 14.0. The maximum Gasteiger partial charge on any atom is 0.246 e. The van der Waals surface area contributed by atoms with Crippen LogP contribution in [0.4, 0.5) is 19.1 Å². The molecular formula is C19H22F3N5O. The number of alkyl halides is 1. The van der Waals surface area contributed by atoms with E-state index in [0.717, 1.165) is 25.0 Å². The van der Waals surface area contributed by atoms with E-state index in [1.54, 1.807) is 4.57 Å². The lowest BCUT2D eigenvalue weighted by Gasteiger charge is -2.34. The molecule has 1 aromatic heterocycles. The van der Waals surface area contributed by atoms with Gasteiger partial charge >= 0.3 is 0 Å². The average Bonchev–Trinajstić information content (AvgIpc) is 3.35. The Morgan fingerprint density at radius 2 is 1.82 bits per heavy atom. The Hall–Kier alpha value is -2.29. The number of amides is 1. The van der Waals surface area contributed by atoms with Crippen LogP contribution in [0.3, 0.4) is 0 Å². The average molecular weight is 393 g/mol. The number of likely N-dealkylation sites (tertiary alicyclic amines) is 1. The van der Waals surface area contributed by atoms with Crippen LogP contribution in [0, 0.1) is 11.6 Å². The fraction of sp³-hybridized carbons (Fsp3) is 0.579. The molecule has 2 aromatic rings. The van der Waals surface area contributed by atoms with Crippen molar-refractivity contribution >= 4 is 22.9 Å². The Morgan fingerprint density at radius 1 is 1.07 bits per heavy atom. The lowest BCUT2D eigenvalue weighted by molar-refractivity contribution is -0.130. The van der Waals surface area contributed by atoms with Gasteiger partial charge < -0.3 is 15.5 Å². The summed E-state index contributed by atoms with van der Waals surface area (Å²) in [4.78, 5) is 21.2. The molecule has 150 valence electrons. The highest BCUT2D eigenvalue weighted by Crippen LogP contribution is 2.38. The predicted molar refractivity (Wildman–Crippen MR) is 97.7 cm³/mol. The number of hydrogen-bond donors (Lipinski definition) is 1. The number of nitrogens with zero attached hydrogens (tertiary/aromatic N) is 4. The first-order valence-electron chi connectivity index (χ1n) is 9.76. The molecule has 2 aliphatic heterocycles. The predicted octanol–water partition coefficient (Wildman–Crippen LogP) is 2.13. The number of halogens is 3. The molecule has 1 saturated carbocycles. The van der Waals surface area contributed by atoms with Crippen molar-refractivity contribution in [2.24, 2.45) is 5.73 Å². The third-order valence-corrected chi connectivity index (χ3v) is 6.08. The van der Waals surface area contributed by atoms with Crippen molar-refractivity contribution in [3.05, 3.63) is 23.8 Å². The summed E-state index contributed by atoms with van der Waals surface area (Å²) in [6, 6.07) is 1.24. The zero-order valence-corrected chi connectivity index (χ0v) is 15.3. The molecule has 3 fully saturated rings. The molecule has 3 atom stereocenters. The molecule has 9 heteroatoms. The van der Waals surface area contributed by atoms with Gasteiger partial charge in [0.15, 0.2) is 11.6 Å². The van der Waals surface area contributed by atoms with Gasteiger partial charge in [-0.25, -0.2) is 18.2 Å². The minimum atomic E-state index is -1.09. The first kappa shape index (κ1) is 17.8. The zero-order chi connectivity index (χ0) is 19.6. The number of carbonyl (C=O) groups excluding carboxylic acids is 1. The van der Waals surface area contributed by atoms with Crippen molar-refractivity contribution in [3.63, 3.8) is 0 Å². The summed E-state index contributed by atoms with van der Waals surface area (Å²) in [5.41, 5.74) is 6.56. The number of imidazole rings is 1. The van der Waals surface area contributed by atoms with Crippen LogP contribution in [0.2, 0.25) is 0 Å². The van der Waals surface area contributed by atoms with Gasteiger partial charge in [-0.05, 0) is 25.7 Å². The highest BCUT2D eigenvalue weighted by Gasteiger charge is 2.43. The number of rotatable bonds is 3. The first-order valence-corrected chi connectivity index (χ1v) is 9.76. The Labute approximate surface area is 160 Å². The molecule has 1 amide bonds. The van der Waals surface area contributed by atoms with Crippen LogP contribution in [0.25, 0.3) is 11.0 Å². The van der Waals surface area contributed by atoms with Gasteiger partial charge in [0.25, 0.3) is 0 Å². The number of aromatic nitrogens is 2. The van der Waals surface area contributed by atoms with E-state index in [2.05, 4.69) is 4.98 Å². The van der Waals surface area contributed by atoms with E-state index < -0.39 is 29.9 Å². The van der Waals surface area contributed by atoms with Crippen LogP contribution in [0.5, 0.6) is 0 Å². The molecule has 5 rings (SSSR count). The normalized spacial score (nSPS) is 28.6. The Balaban J connectivity index is 1.61. The van der Waals surface area contributed by atoms with Crippen molar-refractivity contribution < 1.29 is 18.0 Å². The van der Waals surface area contributed by atoms with E-state index in [0.29, 0.717) is 37.0 Å². The Morgan fingerprint density at radius 3 is 2.54 bits per heavy atom. The SMILES string of the molecule is N[C@@H]1CN(c2nc3cc(F)c(F)cc3n2C2CCN(C3CC3)C2=O)CC[C@H]1F. The van der Waals surface area contributed by atoms with E-state index >= 15 is 0 Å². The summed E-state index contributed by atoms with van der Waals surface area (Å²) in [7, 11) is 0. The highest BCUT2D eigenvalue weighted by atomic mass is 19.2. The minimum Gasteiger partial charge on any atom is -0.340 e. The molecule has 1 aliphatic carbocycles. The van der Waals surface area contributed by atoms with Crippen molar-refractivity contribution in [1.82, 2.24) is 14.5 Å². The fourth-order valence-electron chi connectivity index (χ4n) is 4.42. The summed E-state index contributed by atoms with van der Waals surface area (Å²) in [5, 5.41) is 0. The molecule has 0 radical (unpaired) electrons. The highest BCUT2D eigenvalue weighted by molar-refractivity contribution is 5.88. The smallest absolute Gasteiger partial charge is 0.246 e. The van der Waals surface area contributed by atoms with E-state index in [1.807, 2.05) is 9.80 Å². The Bertz CT molecular complexity index is 943. The number of carbonyl (C=O) groups is 1. The van der Waals surface area contributed by atoms with Crippen LogP contribution in [0.15, 0.2) is 12.1 Å². The van der Waals surface area contributed by atoms with Gasteiger partial charge in [0.1, 0.15) is 12.2 Å². The molecule has 0 bridgehead atoms. The summed E-state index contributed by atoms with van der Waals surface area (Å²) in [6.45, 7) is 1.27. The maximum absolute atomic E-state index is 14.0. The second kappa shape index (κ2) is 6.37. The van der Waals surface area contributed by atoms with E-state index in [1.165, 1.54) is 0 Å². The van der Waals surface area contributed by atoms with Crippen LogP contribution >= 0.6 is 0 Å². The number of anilines is 1. The topological polar surface area (TPSA) is 67.4 Å². The lowest BCUT2D eigenvalue weighted by atomic mass is 10.1. The fourth-order valence-corrected chi connectivity index (χ4v) is 4.42. The summed E-state index contributed by atoms with van der Waals surface area (Å²) < 4.78 is 43.3. The van der Waals surface area contributed by atoms with E-state index in [-0.39, 0.29) is 24.4 Å². The zero-order valence-electron chi connectivity index (χ0n) is 15.3. The van der Waals surface area contributed by atoms with E-state index in [4.69, 9.17) is 5.73 Å². The lowest BCUT2D eigenvalue weighted by Crippen LogP contribution is -2.50. The van der Waals surface area contributed by atoms with Crippen LogP contribution < -0.4 is 10.6 Å². The number of hydrogen-bond acceptors (Lipinski definition) is 4. The number of fused-ring (bicyclic) bond motifs is 1. The number of benzene rings is 1. The van der Waals surface area contributed by atoms with Crippen molar-refractivity contribution in [3.8, 4) is 0 Å². The molecular weight excluding hydrogens is 371 g/mol. The van der Waals surface area contributed by atoms with Gasteiger partial charge in [-0.15, -0.1) is 0 Å². The molecule has 2 N–H and O–H groups in total. The molecule has 3 heterocycles. The molecule has 0 spiro atoms. The molecule has 2 saturated heterocycles. The second-order valence-corrected chi connectivity index (χ2v) is 8.02. The summed E-state index contributed by atoms with van der Waals surface area (Å²) >= 11 is 0. The summed E-state index contributed by atoms with van der Waals surface area (Å²) in [5.74, 6) is -1.56. The van der Waals surface area contributed by atoms with Gasteiger partial charge in [-0.1, -0.05) is 0 Å². The van der Waals surface area contributed by atoms with Crippen molar-refractivity contribution in [1.29, 1.82) is 0 Å². The quantitative estimate of drug-likeness (QED) is 0.868. The van der Waals surface area contributed by atoms with Gasteiger partial charge in [0.2, 0.25) is 11.9 Å². The molecule has 28 heavy (non-hydrogen) atoms. The third-order valence-electron chi connectivity index (χ3n) is 6.08. The third kappa shape index (κ3) is 2.75. The minimum absolute atomic E-state index is 0.0162. The van der Waals surface area contributed by atoms with Gasteiger partial charge in [-0.3, -0.25) is 9.36 Å². The number of piperidine rings is 1. The monoisotopic (exact) mass is 393 g/mol. The largest absolute Gasteiger partial charge is 0.340 e. The molecule has 1 unspecified atom stereocenters. The van der Waals surface area contributed by atoms with Crippen molar-refractivity contribution in [2.75, 3.05) is 24.5 Å². The molecule has 3 aliphatic rings. The van der Waals surface area contributed by atoms with Gasteiger partial charge in [0.05, 0.1) is 17.1 Å². The Kier molecular flexibility index (Phi) is 4.04. The van der Waals surface area contributed by atoms with Crippen LogP contribution in [-0.4, -0.2) is 58.2 Å². The molecule has 6 nitrogen and oxygen atoms in total. The van der Waals surface area contributed by atoms with E-state index in [9.17, 15) is 18.0 Å². The summed E-state index contributed by atoms with van der Waals surface area (Å²) in [6.07, 6.45) is 1.75. The number of nitrogens with two attached hydrogens (primary N) is 1.